The fourth-order valence-corrected chi connectivity index (χ4v) is 2.62. The highest BCUT2D eigenvalue weighted by molar-refractivity contribution is 5.21. The van der Waals surface area contributed by atoms with Gasteiger partial charge in [-0.15, -0.1) is 0 Å². The van der Waals surface area contributed by atoms with Gasteiger partial charge >= 0.3 is 6.18 Å². The van der Waals surface area contributed by atoms with Crippen LogP contribution in [0.15, 0.2) is 30.3 Å². The number of benzene rings is 1. The van der Waals surface area contributed by atoms with Crippen LogP contribution in [0, 0.1) is 5.92 Å². The van der Waals surface area contributed by atoms with E-state index < -0.39 is 12.1 Å². The maximum atomic E-state index is 12.9. The van der Waals surface area contributed by atoms with Gasteiger partial charge in [-0.3, -0.25) is 0 Å². The summed E-state index contributed by atoms with van der Waals surface area (Å²) in [7, 11) is 0. The van der Waals surface area contributed by atoms with Crippen LogP contribution in [0.25, 0.3) is 0 Å². The molecule has 88 valence electrons. The molecular formula is C13H15F3. The molecule has 1 aromatic rings. The Bertz CT molecular complexity index is 329. The molecule has 0 radical (unpaired) electrons. The predicted molar refractivity (Wildman–Crippen MR) is 57.2 cm³/mol. The maximum absolute atomic E-state index is 12.9. The van der Waals surface area contributed by atoms with Crippen molar-refractivity contribution in [2.75, 3.05) is 0 Å². The summed E-state index contributed by atoms with van der Waals surface area (Å²) in [6.07, 6.45) is -1.50. The molecule has 0 N–H and O–H groups in total. The molecule has 0 nitrogen and oxygen atoms in total. The minimum absolute atomic E-state index is 0.281. The van der Waals surface area contributed by atoms with E-state index in [1.165, 1.54) is 0 Å². The van der Waals surface area contributed by atoms with Crippen LogP contribution in [0.1, 0.15) is 37.2 Å². The molecule has 2 atom stereocenters. The van der Waals surface area contributed by atoms with Crippen molar-refractivity contribution >= 4 is 0 Å². The first kappa shape index (κ1) is 11.5. The van der Waals surface area contributed by atoms with Crippen LogP contribution >= 0.6 is 0 Å². The van der Waals surface area contributed by atoms with Crippen molar-refractivity contribution < 1.29 is 13.2 Å². The number of hydrogen-bond donors (Lipinski definition) is 0. The number of rotatable bonds is 1. The molecule has 1 aliphatic rings. The highest BCUT2D eigenvalue weighted by Crippen LogP contribution is 2.46. The van der Waals surface area contributed by atoms with Crippen molar-refractivity contribution in [1.29, 1.82) is 0 Å². The van der Waals surface area contributed by atoms with E-state index >= 15 is 0 Å². The Hall–Kier alpha value is -0.990. The fourth-order valence-electron chi connectivity index (χ4n) is 2.62. The zero-order chi connectivity index (χ0) is 11.6. The predicted octanol–water partition coefficient (Wildman–Crippen LogP) is 4.52. The van der Waals surface area contributed by atoms with Gasteiger partial charge in [0.25, 0.3) is 0 Å². The minimum atomic E-state index is -4.05. The SMILES string of the molecule is FC(F)(F)C1CCCCC1c1ccccc1. The molecule has 0 spiro atoms. The molecule has 0 saturated heterocycles. The first-order chi connectivity index (χ1) is 7.59. The monoisotopic (exact) mass is 228 g/mol. The second-order valence-corrected chi connectivity index (χ2v) is 4.45. The summed E-state index contributed by atoms with van der Waals surface area (Å²) < 4.78 is 38.6. The minimum Gasteiger partial charge on any atom is -0.171 e. The molecule has 3 heteroatoms. The fraction of sp³-hybridized carbons (Fsp3) is 0.538. The molecule has 0 heterocycles. The van der Waals surface area contributed by atoms with Crippen molar-refractivity contribution in [3.05, 3.63) is 35.9 Å². The molecule has 16 heavy (non-hydrogen) atoms. The van der Waals surface area contributed by atoms with Crippen LogP contribution in [-0.4, -0.2) is 6.18 Å². The van der Waals surface area contributed by atoms with Crippen molar-refractivity contribution in [2.45, 2.75) is 37.8 Å². The maximum Gasteiger partial charge on any atom is 0.392 e. The van der Waals surface area contributed by atoms with E-state index in [2.05, 4.69) is 0 Å². The second-order valence-electron chi connectivity index (χ2n) is 4.45. The standard InChI is InChI=1S/C13H15F3/c14-13(15,16)12-9-5-4-8-11(12)10-6-2-1-3-7-10/h1-3,6-7,11-12H,4-5,8-9H2. The van der Waals surface area contributed by atoms with E-state index in [1.54, 1.807) is 0 Å². The highest BCUT2D eigenvalue weighted by Gasteiger charge is 2.45. The molecule has 0 amide bonds. The molecule has 2 rings (SSSR count). The first-order valence-electron chi connectivity index (χ1n) is 5.70. The lowest BCUT2D eigenvalue weighted by Crippen LogP contribution is -2.31. The largest absolute Gasteiger partial charge is 0.392 e. The van der Waals surface area contributed by atoms with Gasteiger partial charge in [0.05, 0.1) is 5.92 Å². The van der Waals surface area contributed by atoms with Crippen molar-refractivity contribution in [3.8, 4) is 0 Å². The zero-order valence-corrected chi connectivity index (χ0v) is 9.00. The van der Waals surface area contributed by atoms with Gasteiger partial charge in [-0.1, -0.05) is 43.2 Å². The average molecular weight is 228 g/mol. The Morgan fingerprint density at radius 2 is 1.56 bits per heavy atom. The van der Waals surface area contributed by atoms with Crippen LogP contribution in [0.4, 0.5) is 13.2 Å². The van der Waals surface area contributed by atoms with Crippen LogP contribution in [0.3, 0.4) is 0 Å². The summed E-state index contributed by atoms with van der Waals surface area (Å²) in [6, 6.07) is 9.10. The van der Waals surface area contributed by atoms with Gasteiger partial charge in [0.15, 0.2) is 0 Å². The summed E-state index contributed by atoms with van der Waals surface area (Å²) in [5.74, 6) is -1.49. The van der Waals surface area contributed by atoms with Crippen LogP contribution < -0.4 is 0 Å². The molecule has 0 aromatic heterocycles. The first-order valence-corrected chi connectivity index (χ1v) is 5.70. The zero-order valence-electron chi connectivity index (χ0n) is 9.00. The molecule has 1 aliphatic carbocycles. The molecule has 0 aliphatic heterocycles. The number of halogens is 3. The van der Waals surface area contributed by atoms with E-state index in [0.29, 0.717) is 12.8 Å². The third-order valence-electron chi connectivity index (χ3n) is 3.41. The van der Waals surface area contributed by atoms with E-state index in [-0.39, 0.29) is 12.3 Å². The Morgan fingerprint density at radius 1 is 0.938 bits per heavy atom. The second kappa shape index (κ2) is 4.48. The smallest absolute Gasteiger partial charge is 0.171 e. The van der Waals surface area contributed by atoms with Crippen molar-refractivity contribution in [1.82, 2.24) is 0 Å². The third-order valence-corrected chi connectivity index (χ3v) is 3.41. The molecule has 2 unspecified atom stereocenters. The van der Waals surface area contributed by atoms with Gasteiger partial charge in [-0.2, -0.15) is 13.2 Å². The van der Waals surface area contributed by atoms with Gasteiger partial charge in [-0.25, -0.2) is 0 Å². The summed E-state index contributed by atoms with van der Waals surface area (Å²) in [4.78, 5) is 0. The van der Waals surface area contributed by atoms with Crippen LogP contribution in [-0.2, 0) is 0 Å². The molecule has 1 fully saturated rings. The van der Waals surface area contributed by atoms with Gasteiger partial charge in [0, 0.05) is 0 Å². The third kappa shape index (κ3) is 2.39. The number of hydrogen-bond acceptors (Lipinski definition) is 0. The Labute approximate surface area is 93.5 Å². The molecule has 0 bridgehead atoms. The van der Waals surface area contributed by atoms with Crippen molar-refractivity contribution in [3.63, 3.8) is 0 Å². The summed E-state index contributed by atoms with van der Waals surface area (Å²) in [6.45, 7) is 0. The van der Waals surface area contributed by atoms with E-state index in [4.69, 9.17) is 0 Å². The highest BCUT2D eigenvalue weighted by atomic mass is 19.4. The lowest BCUT2D eigenvalue weighted by molar-refractivity contribution is -0.187. The summed E-state index contributed by atoms with van der Waals surface area (Å²) in [5, 5.41) is 0. The summed E-state index contributed by atoms with van der Waals surface area (Å²) >= 11 is 0. The van der Waals surface area contributed by atoms with Crippen LogP contribution in [0.5, 0.6) is 0 Å². The molecule has 1 aromatic carbocycles. The van der Waals surface area contributed by atoms with Gasteiger partial charge in [0.1, 0.15) is 0 Å². The van der Waals surface area contributed by atoms with Crippen molar-refractivity contribution in [2.24, 2.45) is 5.92 Å². The van der Waals surface area contributed by atoms with Gasteiger partial charge in [0.2, 0.25) is 0 Å². The Kier molecular flexibility index (Phi) is 3.22. The number of alkyl halides is 3. The lowest BCUT2D eigenvalue weighted by atomic mass is 9.75. The Morgan fingerprint density at radius 3 is 2.19 bits per heavy atom. The molecule has 1 saturated carbocycles. The Balaban J connectivity index is 2.24. The van der Waals surface area contributed by atoms with Gasteiger partial charge in [-0.05, 0) is 24.3 Å². The molecular weight excluding hydrogens is 213 g/mol. The van der Waals surface area contributed by atoms with E-state index in [0.717, 1.165) is 12.0 Å². The topological polar surface area (TPSA) is 0 Å². The summed E-state index contributed by atoms with van der Waals surface area (Å²) in [5.41, 5.74) is 0.838. The van der Waals surface area contributed by atoms with Gasteiger partial charge < -0.3 is 0 Å². The van der Waals surface area contributed by atoms with Crippen LogP contribution in [0.2, 0.25) is 0 Å². The quantitative estimate of drug-likeness (QED) is 0.662. The van der Waals surface area contributed by atoms with E-state index in [1.807, 2.05) is 30.3 Å². The average Bonchev–Trinajstić information content (AvgIpc) is 2.29. The lowest BCUT2D eigenvalue weighted by Gasteiger charge is -2.33. The van der Waals surface area contributed by atoms with E-state index in [9.17, 15) is 13.2 Å². The normalized spacial score (nSPS) is 26.7.